The van der Waals surface area contributed by atoms with Gasteiger partial charge in [0.25, 0.3) is 5.91 Å². The molecule has 1 aliphatic carbocycles. The minimum atomic E-state index is -0.440. The number of hydrogen-bond donors (Lipinski definition) is 2. The number of carbonyl (C=O) groups is 1. The Morgan fingerprint density at radius 3 is 2.81 bits per heavy atom. The fourth-order valence-electron chi connectivity index (χ4n) is 2.36. The molecule has 0 aliphatic heterocycles. The molecule has 0 aromatic heterocycles. The lowest BCUT2D eigenvalue weighted by Crippen LogP contribution is -2.45. The summed E-state index contributed by atoms with van der Waals surface area (Å²) in [5.41, 5.74) is 6.03. The third kappa shape index (κ3) is 3.60. The molecule has 2 rings (SSSR count). The monoisotopic (exact) mass is 290 g/mol. The molecule has 1 aromatic rings. The van der Waals surface area contributed by atoms with Gasteiger partial charge in [-0.15, -0.1) is 0 Å². The largest absolute Gasteiger partial charge is 0.395 e. The molecule has 112 valence electrons. The van der Waals surface area contributed by atoms with E-state index in [-0.39, 0.29) is 31.6 Å². The summed E-state index contributed by atoms with van der Waals surface area (Å²) in [5, 5.41) is 9.16. The first-order chi connectivity index (χ1) is 10.2. The van der Waals surface area contributed by atoms with E-state index in [0.717, 1.165) is 19.3 Å². The number of carbonyl (C=O) groups excluding carboxylic acids is 1. The van der Waals surface area contributed by atoms with Crippen LogP contribution in [0.5, 0.6) is 0 Å². The minimum absolute atomic E-state index is 0.0900. The molecule has 1 aliphatic rings. The lowest BCUT2D eigenvalue weighted by atomic mass is 9.90. The highest BCUT2D eigenvalue weighted by Gasteiger charge is 2.29. The van der Waals surface area contributed by atoms with Crippen LogP contribution in [0.25, 0.3) is 0 Å². The van der Waals surface area contributed by atoms with Crippen molar-refractivity contribution in [1.29, 1.82) is 0 Å². The molecule has 0 spiro atoms. The zero-order valence-electron chi connectivity index (χ0n) is 11.8. The van der Waals surface area contributed by atoms with Gasteiger partial charge in [-0.05, 0) is 37.5 Å². The molecule has 0 atom stereocenters. The molecule has 3 N–H and O–H groups in total. The van der Waals surface area contributed by atoms with E-state index in [1.807, 2.05) is 0 Å². The molecule has 4 nitrogen and oxygen atoms in total. The Labute approximate surface area is 123 Å². The van der Waals surface area contributed by atoms with E-state index in [4.69, 9.17) is 10.8 Å². The van der Waals surface area contributed by atoms with Crippen LogP contribution >= 0.6 is 0 Å². The van der Waals surface area contributed by atoms with Crippen LogP contribution < -0.4 is 5.73 Å². The molecule has 0 bridgehead atoms. The van der Waals surface area contributed by atoms with Crippen LogP contribution in [0, 0.1) is 17.7 Å². The summed E-state index contributed by atoms with van der Waals surface area (Å²) in [6, 6.07) is 4.10. The average molecular weight is 290 g/mol. The Balaban J connectivity index is 2.31. The van der Waals surface area contributed by atoms with Crippen molar-refractivity contribution >= 4 is 5.91 Å². The number of aliphatic hydroxyl groups is 1. The maximum absolute atomic E-state index is 13.4. The summed E-state index contributed by atoms with van der Waals surface area (Å²) >= 11 is 0. The summed E-state index contributed by atoms with van der Waals surface area (Å²) < 4.78 is 13.4. The van der Waals surface area contributed by atoms with Gasteiger partial charge < -0.3 is 15.7 Å². The first-order valence-electron chi connectivity index (χ1n) is 7.07. The normalized spacial score (nSPS) is 14.0. The summed E-state index contributed by atoms with van der Waals surface area (Å²) in [7, 11) is 0. The van der Waals surface area contributed by atoms with E-state index in [0.29, 0.717) is 11.1 Å². The van der Waals surface area contributed by atoms with Crippen molar-refractivity contribution in [2.45, 2.75) is 25.3 Å². The molecule has 5 heteroatoms. The van der Waals surface area contributed by atoms with Gasteiger partial charge in [0, 0.05) is 18.2 Å². The van der Waals surface area contributed by atoms with Crippen LogP contribution in [0.1, 0.15) is 35.2 Å². The Bertz CT molecular complexity index is 573. The third-order valence-corrected chi connectivity index (χ3v) is 3.65. The second-order valence-corrected chi connectivity index (χ2v) is 5.00. The molecule has 0 saturated heterocycles. The van der Waals surface area contributed by atoms with Crippen LogP contribution in [0.15, 0.2) is 18.2 Å². The van der Waals surface area contributed by atoms with E-state index >= 15 is 0 Å². The molecule has 0 heterocycles. The third-order valence-electron chi connectivity index (χ3n) is 3.65. The maximum Gasteiger partial charge on any atom is 0.255 e. The highest BCUT2D eigenvalue weighted by molar-refractivity contribution is 5.97. The van der Waals surface area contributed by atoms with Crippen LogP contribution in [0.4, 0.5) is 4.39 Å². The van der Waals surface area contributed by atoms with Crippen molar-refractivity contribution in [3.63, 3.8) is 0 Å². The van der Waals surface area contributed by atoms with E-state index in [2.05, 4.69) is 11.8 Å². The number of nitrogens with two attached hydrogens (primary N) is 1. The lowest BCUT2D eigenvalue weighted by Gasteiger charge is -2.37. The Kier molecular flexibility index (Phi) is 5.32. The predicted octanol–water partition coefficient (Wildman–Crippen LogP) is 1.12. The van der Waals surface area contributed by atoms with Gasteiger partial charge in [-0.3, -0.25) is 4.79 Å². The number of benzene rings is 1. The summed E-state index contributed by atoms with van der Waals surface area (Å²) in [4.78, 5) is 14.3. The number of amides is 1. The molecular formula is C16H19FN2O2. The molecule has 1 saturated carbocycles. The topological polar surface area (TPSA) is 66.6 Å². The van der Waals surface area contributed by atoms with E-state index < -0.39 is 5.82 Å². The fraction of sp³-hybridized carbons (Fsp3) is 0.438. The lowest BCUT2D eigenvalue weighted by molar-refractivity contribution is 0.0525. The van der Waals surface area contributed by atoms with Gasteiger partial charge in [-0.1, -0.05) is 11.8 Å². The van der Waals surface area contributed by atoms with E-state index in [1.165, 1.54) is 18.2 Å². The van der Waals surface area contributed by atoms with Crippen LogP contribution in [0.3, 0.4) is 0 Å². The average Bonchev–Trinajstić information content (AvgIpc) is 2.42. The van der Waals surface area contributed by atoms with Crippen molar-refractivity contribution in [3.8, 4) is 11.8 Å². The molecule has 1 amide bonds. The van der Waals surface area contributed by atoms with Crippen molar-refractivity contribution in [2.24, 2.45) is 5.73 Å². The van der Waals surface area contributed by atoms with Gasteiger partial charge in [0.1, 0.15) is 5.82 Å². The molecule has 1 fully saturated rings. The quantitative estimate of drug-likeness (QED) is 0.817. The van der Waals surface area contributed by atoms with Gasteiger partial charge >= 0.3 is 0 Å². The Morgan fingerprint density at radius 1 is 1.48 bits per heavy atom. The smallest absolute Gasteiger partial charge is 0.255 e. The second-order valence-electron chi connectivity index (χ2n) is 5.00. The highest BCUT2D eigenvalue weighted by Crippen LogP contribution is 2.26. The second kappa shape index (κ2) is 7.21. The predicted molar refractivity (Wildman–Crippen MR) is 78.1 cm³/mol. The van der Waals surface area contributed by atoms with Gasteiger partial charge in [-0.2, -0.15) is 0 Å². The SMILES string of the molecule is NCC#Cc1cc(F)ccc1C(=O)N(CCO)C1CCC1. The number of rotatable bonds is 4. The van der Waals surface area contributed by atoms with Gasteiger partial charge in [0.2, 0.25) is 0 Å². The molecule has 0 radical (unpaired) electrons. The fourth-order valence-corrected chi connectivity index (χ4v) is 2.36. The first kappa shape index (κ1) is 15.5. The summed E-state index contributed by atoms with van der Waals surface area (Å²) in [5.74, 6) is 4.74. The number of halogens is 1. The van der Waals surface area contributed by atoms with Crippen molar-refractivity contribution in [3.05, 3.63) is 35.1 Å². The Morgan fingerprint density at radius 2 is 2.24 bits per heavy atom. The number of hydrogen-bond acceptors (Lipinski definition) is 3. The first-order valence-corrected chi connectivity index (χ1v) is 7.07. The van der Waals surface area contributed by atoms with Crippen LogP contribution in [0.2, 0.25) is 0 Å². The summed E-state index contributed by atoms with van der Waals surface area (Å²) in [6.45, 7) is 0.338. The molecule has 1 aromatic carbocycles. The van der Waals surface area contributed by atoms with Crippen molar-refractivity contribution in [2.75, 3.05) is 19.7 Å². The maximum atomic E-state index is 13.4. The highest BCUT2D eigenvalue weighted by atomic mass is 19.1. The van der Waals surface area contributed by atoms with E-state index in [9.17, 15) is 9.18 Å². The Hall–Kier alpha value is -1.90. The molecule has 0 unspecified atom stereocenters. The van der Waals surface area contributed by atoms with E-state index in [1.54, 1.807) is 4.90 Å². The van der Waals surface area contributed by atoms with Crippen molar-refractivity contribution < 1.29 is 14.3 Å². The van der Waals surface area contributed by atoms with Gasteiger partial charge in [0.15, 0.2) is 0 Å². The van der Waals surface area contributed by atoms with Gasteiger partial charge in [-0.25, -0.2) is 4.39 Å². The molecular weight excluding hydrogens is 271 g/mol. The van der Waals surface area contributed by atoms with Crippen LogP contribution in [-0.4, -0.2) is 41.7 Å². The van der Waals surface area contributed by atoms with Crippen molar-refractivity contribution in [1.82, 2.24) is 4.90 Å². The number of aliphatic hydroxyl groups excluding tert-OH is 1. The zero-order valence-corrected chi connectivity index (χ0v) is 11.8. The molecule has 21 heavy (non-hydrogen) atoms. The standard InChI is InChI=1S/C16H19FN2O2/c17-13-6-7-15(12(11-13)3-2-8-18)16(21)19(9-10-20)14-4-1-5-14/h6-7,11,14,20H,1,4-5,8-10,18H2. The van der Waals surface area contributed by atoms with Gasteiger partial charge in [0.05, 0.1) is 18.7 Å². The minimum Gasteiger partial charge on any atom is -0.395 e. The number of nitrogens with zero attached hydrogens (tertiary/aromatic N) is 1. The summed E-state index contributed by atoms with van der Waals surface area (Å²) in [6.07, 6.45) is 2.97. The van der Waals surface area contributed by atoms with Crippen LogP contribution in [-0.2, 0) is 0 Å². The zero-order chi connectivity index (χ0) is 15.2.